The number of aromatic nitrogens is 2. The van der Waals surface area contributed by atoms with E-state index in [4.69, 9.17) is 0 Å². The van der Waals surface area contributed by atoms with Crippen molar-refractivity contribution in [2.45, 2.75) is 51.3 Å². The van der Waals surface area contributed by atoms with E-state index in [9.17, 15) is 5.11 Å². The summed E-state index contributed by atoms with van der Waals surface area (Å²) < 4.78 is 0. The lowest BCUT2D eigenvalue weighted by Gasteiger charge is -2.24. The van der Waals surface area contributed by atoms with E-state index in [1.165, 1.54) is 16.3 Å². The molecule has 0 aliphatic rings. The summed E-state index contributed by atoms with van der Waals surface area (Å²) in [5.74, 6) is 0. The molecule has 5 heteroatoms. The third-order valence-electron chi connectivity index (χ3n) is 5.83. The van der Waals surface area contributed by atoms with Gasteiger partial charge in [-0.25, -0.2) is 0 Å². The van der Waals surface area contributed by atoms with Crippen molar-refractivity contribution in [3.05, 3.63) is 78.2 Å². The van der Waals surface area contributed by atoms with Crippen LogP contribution in [0.3, 0.4) is 0 Å². The fourth-order valence-electron chi connectivity index (χ4n) is 4.04. The smallest absolute Gasteiger partial charge is 0.0889 e. The van der Waals surface area contributed by atoms with E-state index in [0.29, 0.717) is 6.04 Å². The Balaban J connectivity index is 0.00000256. The largest absolute Gasteiger partial charge is 0.385 e. The van der Waals surface area contributed by atoms with Crippen LogP contribution in [0.25, 0.3) is 21.7 Å². The summed E-state index contributed by atoms with van der Waals surface area (Å²) in [7, 11) is 0. The standard InChI is InChI=1S/C25H29N3O.ClH/c1-18(27-15-19-9-10-21-16-26-13-11-20(21)14-19)6-5-12-25(2,29)23-17-28-24-8-4-3-7-22(23)24;/h3-4,7-11,13-14,16-18,27-29H,5-6,12,15H2,1-2H3;1H/t18-,25?;/m1./s1. The summed E-state index contributed by atoms with van der Waals surface area (Å²) in [6.45, 7) is 4.98. The van der Waals surface area contributed by atoms with Gasteiger partial charge in [-0.2, -0.15) is 0 Å². The normalized spacial score (nSPS) is 14.4. The predicted octanol–water partition coefficient (Wildman–Crippen LogP) is 5.69. The number of nitrogens with one attached hydrogen (secondary N) is 2. The van der Waals surface area contributed by atoms with Crippen LogP contribution in [0.15, 0.2) is 67.1 Å². The molecule has 3 N–H and O–H groups in total. The summed E-state index contributed by atoms with van der Waals surface area (Å²) in [5.41, 5.74) is 2.51. The number of hydrogen-bond acceptors (Lipinski definition) is 3. The minimum atomic E-state index is -0.828. The first-order chi connectivity index (χ1) is 14.0. The third-order valence-corrected chi connectivity index (χ3v) is 5.83. The first-order valence-corrected chi connectivity index (χ1v) is 10.4. The van der Waals surface area contributed by atoms with E-state index < -0.39 is 5.60 Å². The summed E-state index contributed by atoms with van der Waals surface area (Å²) in [4.78, 5) is 7.44. The summed E-state index contributed by atoms with van der Waals surface area (Å²) in [6, 6.07) is 17.1. The Bertz CT molecular complexity index is 1110. The lowest BCUT2D eigenvalue weighted by molar-refractivity contribution is 0.0459. The van der Waals surface area contributed by atoms with Crippen LogP contribution in [-0.2, 0) is 12.1 Å². The van der Waals surface area contributed by atoms with E-state index in [2.05, 4.69) is 52.5 Å². The Labute approximate surface area is 184 Å². The van der Waals surface area contributed by atoms with Gasteiger partial charge in [0.15, 0.2) is 0 Å². The van der Waals surface area contributed by atoms with Crippen LogP contribution in [0.1, 0.15) is 44.2 Å². The molecule has 0 bridgehead atoms. The Morgan fingerprint density at radius 2 is 1.97 bits per heavy atom. The molecule has 2 aromatic heterocycles. The number of nitrogens with zero attached hydrogens (tertiary/aromatic N) is 1. The molecule has 0 aliphatic heterocycles. The molecule has 0 spiro atoms. The first kappa shape index (κ1) is 22.3. The van der Waals surface area contributed by atoms with Gasteiger partial charge < -0.3 is 15.4 Å². The average molecular weight is 424 g/mol. The second kappa shape index (κ2) is 9.61. The molecule has 2 aromatic carbocycles. The zero-order chi connectivity index (χ0) is 20.3. The van der Waals surface area contributed by atoms with Gasteiger partial charge in [-0.05, 0) is 62.3 Å². The Morgan fingerprint density at radius 3 is 2.83 bits per heavy atom. The number of aliphatic hydroxyl groups is 1. The van der Waals surface area contributed by atoms with Crippen LogP contribution in [0.4, 0.5) is 0 Å². The van der Waals surface area contributed by atoms with Gasteiger partial charge in [0.25, 0.3) is 0 Å². The van der Waals surface area contributed by atoms with Gasteiger partial charge in [-0.15, -0.1) is 12.4 Å². The highest BCUT2D eigenvalue weighted by Gasteiger charge is 2.25. The summed E-state index contributed by atoms with van der Waals surface area (Å²) >= 11 is 0. The van der Waals surface area contributed by atoms with Crippen LogP contribution in [0, 0.1) is 0 Å². The Kier molecular flexibility index (Phi) is 7.14. The molecule has 0 fully saturated rings. The molecule has 2 heterocycles. The topological polar surface area (TPSA) is 60.9 Å². The monoisotopic (exact) mass is 423 g/mol. The van der Waals surface area contributed by atoms with Crippen molar-refractivity contribution in [2.75, 3.05) is 0 Å². The van der Waals surface area contributed by atoms with Crippen molar-refractivity contribution >= 4 is 34.1 Å². The van der Waals surface area contributed by atoms with Crippen molar-refractivity contribution < 1.29 is 5.11 Å². The van der Waals surface area contributed by atoms with Gasteiger partial charge in [0.2, 0.25) is 0 Å². The number of rotatable bonds is 8. The number of hydrogen-bond donors (Lipinski definition) is 3. The number of fused-ring (bicyclic) bond motifs is 2. The molecule has 0 amide bonds. The molecular weight excluding hydrogens is 394 g/mol. The average Bonchev–Trinajstić information content (AvgIpc) is 3.17. The van der Waals surface area contributed by atoms with Crippen molar-refractivity contribution in [3.8, 4) is 0 Å². The minimum Gasteiger partial charge on any atom is -0.385 e. The molecule has 0 saturated heterocycles. The molecule has 0 saturated carbocycles. The highest BCUT2D eigenvalue weighted by Crippen LogP contribution is 2.32. The van der Waals surface area contributed by atoms with Gasteiger partial charge in [0, 0.05) is 53.0 Å². The van der Waals surface area contributed by atoms with Crippen LogP contribution in [-0.4, -0.2) is 21.1 Å². The maximum absolute atomic E-state index is 11.0. The van der Waals surface area contributed by atoms with Crippen molar-refractivity contribution in [1.82, 2.24) is 15.3 Å². The van der Waals surface area contributed by atoms with Gasteiger partial charge in [0.05, 0.1) is 5.60 Å². The lowest BCUT2D eigenvalue weighted by Crippen LogP contribution is -2.27. The van der Waals surface area contributed by atoms with Crippen LogP contribution < -0.4 is 5.32 Å². The number of halogens is 1. The fraction of sp³-hybridized carbons (Fsp3) is 0.320. The predicted molar refractivity (Wildman–Crippen MR) is 127 cm³/mol. The van der Waals surface area contributed by atoms with E-state index in [1.54, 1.807) is 0 Å². The Morgan fingerprint density at radius 1 is 1.13 bits per heavy atom. The molecule has 2 atom stereocenters. The van der Waals surface area contributed by atoms with Crippen molar-refractivity contribution in [1.29, 1.82) is 0 Å². The third kappa shape index (κ3) is 5.01. The number of pyridine rings is 1. The van der Waals surface area contributed by atoms with Crippen LogP contribution in [0.2, 0.25) is 0 Å². The zero-order valence-electron chi connectivity index (χ0n) is 17.6. The van der Waals surface area contributed by atoms with Crippen molar-refractivity contribution in [3.63, 3.8) is 0 Å². The van der Waals surface area contributed by atoms with E-state index in [-0.39, 0.29) is 12.4 Å². The highest BCUT2D eigenvalue weighted by atomic mass is 35.5. The molecule has 30 heavy (non-hydrogen) atoms. The molecule has 4 aromatic rings. The molecule has 4 rings (SSSR count). The van der Waals surface area contributed by atoms with Crippen molar-refractivity contribution in [2.24, 2.45) is 0 Å². The molecule has 1 unspecified atom stereocenters. The minimum absolute atomic E-state index is 0. The van der Waals surface area contributed by atoms with E-state index in [1.807, 2.05) is 43.7 Å². The molecule has 0 radical (unpaired) electrons. The van der Waals surface area contributed by atoms with Gasteiger partial charge in [0.1, 0.15) is 0 Å². The van der Waals surface area contributed by atoms with Gasteiger partial charge in [-0.3, -0.25) is 4.98 Å². The quantitative estimate of drug-likeness (QED) is 0.341. The van der Waals surface area contributed by atoms with Gasteiger partial charge >= 0.3 is 0 Å². The summed E-state index contributed by atoms with van der Waals surface area (Å²) in [5, 5.41) is 18.2. The molecular formula is C25H30ClN3O. The van der Waals surface area contributed by atoms with E-state index >= 15 is 0 Å². The first-order valence-electron chi connectivity index (χ1n) is 10.4. The lowest BCUT2D eigenvalue weighted by atomic mass is 9.89. The van der Waals surface area contributed by atoms with Crippen LogP contribution >= 0.6 is 12.4 Å². The maximum atomic E-state index is 11.0. The SMILES string of the molecule is C[C@H](CCCC(C)(O)c1c[nH]c2ccccc12)NCc1ccc2cnccc2c1.Cl. The zero-order valence-corrected chi connectivity index (χ0v) is 18.4. The van der Waals surface area contributed by atoms with E-state index in [0.717, 1.165) is 42.3 Å². The van der Waals surface area contributed by atoms with Crippen LogP contribution in [0.5, 0.6) is 0 Å². The number of para-hydroxylation sites is 1. The molecule has 4 nitrogen and oxygen atoms in total. The molecule has 0 aliphatic carbocycles. The Hall–Kier alpha value is -2.40. The summed E-state index contributed by atoms with van der Waals surface area (Å²) in [6.07, 6.45) is 8.40. The second-order valence-corrected chi connectivity index (χ2v) is 8.25. The fourth-order valence-corrected chi connectivity index (χ4v) is 4.04. The highest BCUT2D eigenvalue weighted by molar-refractivity contribution is 5.85. The maximum Gasteiger partial charge on any atom is 0.0889 e. The number of H-pyrrole nitrogens is 1. The second-order valence-electron chi connectivity index (χ2n) is 8.25. The number of aromatic amines is 1. The number of benzene rings is 2. The van der Waals surface area contributed by atoms with Gasteiger partial charge in [-0.1, -0.05) is 30.3 Å². The molecule has 158 valence electrons.